The third-order valence-corrected chi connectivity index (χ3v) is 7.67. The number of amides is 1. The first-order valence-electron chi connectivity index (χ1n) is 14.1. The highest BCUT2D eigenvalue weighted by molar-refractivity contribution is 5.93. The van der Waals surface area contributed by atoms with Crippen LogP contribution in [-0.2, 0) is 4.79 Å². The minimum Gasteiger partial charge on any atom is -0.457 e. The van der Waals surface area contributed by atoms with Crippen molar-refractivity contribution in [1.29, 1.82) is 0 Å². The molecule has 11 nitrogen and oxygen atoms in total. The second kappa shape index (κ2) is 11.6. The SMILES string of the molecule is C=C(CN(C)C)C(=O)N1CCCC(c2ccn3ncnc(Nc4ccc(Oc5ccn6ncnc6c5)c(C)c4)c23)CC1. The van der Waals surface area contributed by atoms with E-state index < -0.39 is 0 Å². The molecule has 11 heteroatoms. The molecule has 0 aliphatic carbocycles. The fraction of sp³-hybridized carbons (Fsp3) is 0.323. The van der Waals surface area contributed by atoms with Crippen LogP contribution < -0.4 is 10.1 Å². The van der Waals surface area contributed by atoms with Gasteiger partial charge in [-0.1, -0.05) is 6.58 Å². The number of anilines is 2. The van der Waals surface area contributed by atoms with E-state index in [4.69, 9.17) is 4.74 Å². The molecule has 5 heterocycles. The zero-order valence-electron chi connectivity index (χ0n) is 24.2. The molecule has 1 aliphatic heterocycles. The van der Waals surface area contributed by atoms with Gasteiger partial charge in [0.15, 0.2) is 11.5 Å². The third-order valence-electron chi connectivity index (χ3n) is 7.67. The summed E-state index contributed by atoms with van der Waals surface area (Å²) in [4.78, 5) is 25.8. The highest BCUT2D eigenvalue weighted by Crippen LogP contribution is 2.35. The van der Waals surface area contributed by atoms with Gasteiger partial charge in [0.2, 0.25) is 5.91 Å². The van der Waals surface area contributed by atoms with Crippen LogP contribution in [0.1, 0.15) is 36.3 Å². The van der Waals surface area contributed by atoms with Gasteiger partial charge in [0.1, 0.15) is 29.7 Å². The van der Waals surface area contributed by atoms with Crippen LogP contribution in [0.5, 0.6) is 11.5 Å². The van der Waals surface area contributed by atoms with Crippen molar-refractivity contribution in [2.24, 2.45) is 0 Å². The molecule has 1 aliphatic rings. The smallest absolute Gasteiger partial charge is 0.250 e. The number of carbonyl (C=O) groups is 1. The highest BCUT2D eigenvalue weighted by Gasteiger charge is 2.26. The van der Waals surface area contributed by atoms with Crippen LogP contribution in [0.25, 0.3) is 11.2 Å². The predicted molar refractivity (Wildman–Crippen MR) is 161 cm³/mol. The molecular formula is C31H35N9O2. The first-order chi connectivity index (χ1) is 20.4. The number of fused-ring (bicyclic) bond motifs is 2. The number of nitrogens with one attached hydrogen (secondary N) is 1. The lowest BCUT2D eigenvalue weighted by atomic mass is 9.93. The average molecular weight is 566 g/mol. The predicted octanol–water partition coefficient (Wildman–Crippen LogP) is 4.83. The minimum atomic E-state index is 0.0543. The molecule has 5 aromatic rings. The second-order valence-electron chi connectivity index (χ2n) is 11.1. The Hall–Kier alpha value is -4.77. The zero-order chi connectivity index (χ0) is 29.2. The van der Waals surface area contributed by atoms with Crippen molar-refractivity contribution in [2.75, 3.05) is 39.0 Å². The zero-order valence-corrected chi connectivity index (χ0v) is 24.2. The number of hydrogen-bond acceptors (Lipinski definition) is 8. The van der Waals surface area contributed by atoms with E-state index in [1.54, 1.807) is 10.8 Å². The van der Waals surface area contributed by atoms with Crippen LogP contribution in [0, 0.1) is 6.92 Å². The van der Waals surface area contributed by atoms with E-state index in [-0.39, 0.29) is 5.91 Å². The van der Waals surface area contributed by atoms with Gasteiger partial charge in [-0.25, -0.2) is 19.0 Å². The van der Waals surface area contributed by atoms with Gasteiger partial charge in [0, 0.05) is 49.4 Å². The largest absolute Gasteiger partial charge is 0.457 e. The lowest BCUT2D eigenvalue weighted by molar-refractivity contribution is -0.127. The minimum absolute atomic E-state index is 0.0543. The summed E-state index contributed by atoms with van der Waals surface area (Å²) >= 11 is 0. The van der Waals surface area contributed by atoms with Gasteiger partial charge in [0.05, 0.1) is 0 Å². The highest BCUT2D eigenvalue weighted by atomic mass is 16.5. The summed E-state index contributed by atoms with van der Waals surface area (Å²) < 4.78 is 9.72. The van der Waals surface area contributed by atoms with E-state index >= 15 is 0 Å². The van der Waals surface area contributed by atoms with Gasteiger partial charge in [0.25, 0.3) is 0 Å². The van der Waals surface area contributed by atoms with Gasteiger partial charge in [-0.15, -0.1) is 0 Å². The van der Waals surface area contributed by atoms with E-state index in [0.717, 1.165) is 59.8 Å². The maximum absolute atomic E-state index is 13.0. The third kappa shape index (κ3) is 5.68. The van der Waals surface area contributed by atoms with Crippen molar-refractivity contribution in [2.45, 2.75) is 32.1 Å². The van der Waals surface area contributed by atoms with Gasteiger partial charge >= 0.3 is 0 Å². The maximum atomic E-state index is 13.0. The summed E-state index contributed by atoms with van der Waals surface area (Å²) in [7, 11) is 3.90. The molecule has 216 valence electrons. The number of benzene rings is 1. The summed E-state index contributed by atoms with van der Waals surface area (Å²) in [5, 5.41) is 12.1. The number of carbonyl (C=O) groups excluding carboxylic acids is 1. The van der Waals surface area contributed by atoms with Gasteiger partial charge in [-0.2, -0.15) is 10.2 Å². The summed E-state index contributed by atoms with van der Waals surface area (Å²) in [5.74, 6) is 2.54. The normalized spacial score (nSPS) is 15.7. The standard InChI is InChI=1S/C31H35N9O2/c1-21-16-24(7-8-27(21)42-25-10-14-39-28(17-25)32-19-34-39)36-30-29-26(11-15-40(29)35-20-33-30)23-6-5-12-38(13-9-23)31(41)22(2)18-37(3)4/h7-8,10-11,14-17,19-20,23H,2,5-6,9,12-13,18H2,1,3-4H3,(H,33,35,36). The number of rotatable bonds is 8. The molecule has 1 saturated heterocycles. The fourth-order valence-electron chi connectivity index (χ4n) is 5.65. The first-order valence-corrected chi connectivity index (χ1v) is 14.1. The van der Waals surface area contributed by atoms with E-state index in [0.29, 0.717) is 30.3 Å². The van der Waals surface area contributed by atoms with E-state index in [9.17, 15) is 4.79 Å². The number of nitrogens with zero attached hydrogens (tertiary/aromatic N) is 8. The van der Waals surface area contributed by atoms with E-state index in [1.807, 2.05) is 78.1 Å². The molecule has 1 aromatic carbocycles. The Morgan fingerprint density at radius 2 is 1.86 bits per heavy atom. The maximum Gasteiger partial charge on any atom is 0.250 e. The van der Waals surface area contributed by atoms with E-state index in [1.165, 1.54) is 11.9 Å². The Morgan fingerprint density at radius 3 is 2.69 bits per heavy atom. The molecule has 0 saturated carbocycles. The topological polar surface area (TPSA) is 105 Å². The van der Waals surface area contributed by atoms with E-state index in [2.05, 4.69) is 38.1 Å². The van der Waals surface area contributed by atoms with Gasteiger partial charge in [-0.05, 0) is 87.7 Å². The molecule has 6 rings (SSSR count). The first kappa shape index (κ1) is 27.4. The Balaban J connectivity index is 1.19. The number of likely N-dealkylation sites (N-methyl/N-ethyl adjacent to an activating group) is 1. The molecule has 4 aromatic heterocycles. The van der Waals surface area contributed by atoms with Crippen LogP contribution in [0.15, 0.2) is 73.6 Å². The molecular weight excluding hydrogens is 530 g/mol. The quantitative estimate of drug-likeness (QED) is 0.267. The monoisotopic (exact) mass is 565 g/mol. The van der Waals surface area contributed by atoms with Crippen molar-refractivity contribution < 1.29 is 9.53 Å². The van der Waals surface area contributed by atoms with Crippen molar-refractivity contribution in [1.82, 2.24) is 39.0 Å². The summed E-state index contributed by atoms with van der Waals surface area (Å²) in [5.41, 5.74) is 5.39. The Bertz CT molecular complexity index is 1760. The Morgan fingerprint density at radius 1 is 1.05 bits per heavy atom. The van der Waals surface area contributed by atoms with Crippen LogP contribution >= 0.6 is 0 Å². The van der Waals surface area contributed by atoms with Crippen molar-refractivity contribution in [3.63, 3.8) is 0 Å². The molecule has 0 radical (unpaired) electrons. The van der Waals surface area contributed by atoms with Crippen molar-refractivity contribution in [3.8, 4) is 11.5 Å². The average Bonchev–Trinajstić information content (AvgIpc) is 3.55. The van der Waals surface area contributed by atoms with Gasteiger partial charge in [-0.3, -0.25) is 4.79 Å². The number of pyridine rings is 1. The Labute approximate surface area is 244 Å². The number of ether oxygens (including phenoxy) is 1. The van der Waals surface area contributed by atoms with Crippen molar-refractivity contribution >= 4 is 28.6 Å². The fourth-order valence-corrected chi connectivity index (χ4v) is 5.65. The lowest BCUT2D eigenvalue weighted by Crippen LogP contribution is -2.35. The summed E-state index contributed by atoms with van der Waals surface area (Å²) in [6.45, 7) is 8.06. The molecule has 0 spiro atoms. The molecule has 42 heavy (non-hydrogen) atoms. The van der Waals surface area contributed by atoms with Gasteiger partial charge < -0.3 is 19.9 Å². The number of hydrogen-bond donors (Lipinski definition) is 1. The van der Waals surface area contributed by atoms with Crippen molar-refractivity contribution in [3.05, 3.63) is 84.7 Å². The second-order valence-corrected chi connectivity index (χ2v) is 11.1. The molecule has 1 N–H and O–H groups in total. The Kier molecular flexibility index (Phi) is 7.58. The number of aromatic nitrogens is 6. The molecule has 0 bridgehead atoms. The molecule has 1 amide bonds. The summed E-state index contributed by atoms with van der Waals surface area (Å²) in [6.07, 6.45) is 9.69. The summed E-state index contributed by atoms with van der Waals surface area (Å²) in [6, 6.07) is 11.8. The number of likely N-dealkylation sites (tertiary alicyclic amines) is 1. The lowest BCUT2D eigenvalue weighted by Gasteiger charge is -2.23. The van der Waals surface area contributed by atoms with Crippen LogP contribution in [0.3, 0.4) is 0 Å². The van der Waals surface area contributed by atoms with Crippen LogP contribution in [0.2, 0.25) is 0 Å². The molecule has 1 fully saturated rings. The van der Waals surface area contributed by atoms with Crippen LogP contribution in [-0.4, -0.2) is 78.6 Å². The van der Waals surface area contributed by atoms with Crippen LogP contribution in [0.4, 0.5) is 11.5 Å². The molecule has 1 unspecified atom stereocenters. The molecule has 1 atom stereocenters. The number of aryl methyl sites for hydroxylation is 1.